The first kappa shape index (κ1) is 15.7. The Hall–Kier alpha value is -2.14. The highest BCUT2D eigenvalue weighted by molar-refractivity contribution is 7.99. The molecule has 0 aliphatic carbocycles. The molecule has 1 unspecified atom stereocenters. The van der Waals surface area contributed by atoms with E-state index in [0.717, 1.165) is 23.4 Å². The molecule has 1 aliphatic rings. The molecular formula is C18H19NO3S. The van der Waals surface area contributed by atoms with Gasteiger partial charge in [-0.1, -0.05) is 24.3 Å². The molecule has 0 aromatic heterocycles. The highest BCUT2D eigenvalue weighted by Gasteiger charge is 2.31. The maximum Gasteiger partial charge on any atom is 0.255 e. The molecule has 5 heteroatoms. The SMILES string of the molecule is COc1ccc(C2SCCN2C(=O)c2ccccc2)cc1OC. The summed E-state index contributed by atoms with van der Waals surface area (Å²) < 4.78 is 10.7. The van der Waals surface area contributed by atoms with Gasteiger partial charge >= 0.3 is 0 Å². The predicted molar refractivity (Wildman–Crippen MR) is 92.2 cm³/mol. The first-order valence-corrected chi connectivity index (χ1v) is 8.49. The summed E-state index contributed by atoms with van der Waals surface area (Å²) in [6.45, 7) is 0.747. The summed E-state index contributed by atoms with van der Waals surface area (Å²) in [4.78, 5) is 14.7. The van der Waals surface area contributed by atoms with Gasteiger partial charge in [-0.05, 0) is 29.8 Å². The number of benzene rings is 2. The number of methoxy groups -OCH3 is 2. The average Bonchev–Trinajstić information content (AvgIpc) is 3.10. The monoisotopic (exact) mass is 329 g/mol. The van der Waals surface area contributed by atoms with Crippen LogP contribution in [0.4, 0.5) is 0 Å². The number of thioether (sulfide) groups is 1. The van der Waals surface area contributed by atoms with Crippen LogP contribution in [0.1, 0.15) is 21.3 Å². The van der Waals surface area contributed by atoms with Crippen molar-refractivity contribution in [1.29, 1.82) is 0 Å². The smallest absolute Gasteiger partial charge is 0.255 e. The Labute approximate surface area is 140 Å². The maximum absolute atomic E-state index is 12.8. The minimum Gasteiger partial charge on any atom is -0.493 e. The van der Waals surface area contributed by atoms with Crippen molar-refractivity contribution < 1.29 is 14.3 Å². The molecule has 0 radical (unpaired) electrons. The lowest BCUT2D eigenvalue weighted by molar-refractivity contribution is 0.0760. The summed E-state index contributed by atoms with van der Waals surface area (Å²) in [6.07, 6.45) is 0. The van der Waals surface area contributed by atoms with Crippen LogP contribution in [-0.2, 0) is 0 Å². The van der Waals surface area contributed by atoms with E-state index in [4.69, 9.17) is 9.47 Å². The first-order chi connectivity index (χ1) is 11.2. The van der Waals surface area contributed by atoms with E-state index in [2.05, 4.69) is 0 Å². The average molecular weight is 329 g/mol. The van der Waals surface area contributed by atoms with E-state index in [1.165, 1.54) is 0 Å². The number of carbonyl (C=O) groups is 1. The predicted octanol–water partition coefficient (Wildman–Crippen LogP) is 3.59. The normalized spacial score (nSPS) is 17.1. The topological polar surface area (TPSA) is 38.8 Å². The summed E-state index contributed by atoms with van der Waals surface area (Å²) in [5.74, 6) is 2.37. The summed E-state index contributed by atoms with van der Waals surface area (Å²) in [5, 5.41) is 0.00233. The van der Waals surface area contributed by atoms with Crippen molar-refractivity contribution in [3.05, 3.63) is 59.7 Å². The number of carbonyl (C=O) groups excluding carboxylic acids is 1. The lowest BCUT2D eigenvalue weighted by Crippen LogP contribution is -2.30. The van der Waals surface area contributed by atoms with E-state index < -0.39 is 0 Å². The van der Waals surface area contributed by atoms with Gasteiger partial charge in [-0.25, -0.2) is 0 Å². The van der Waals surface area contributed by atoms with Crippen LogP contribution in [0.2, 0.25) is 0 Å². The van der Waals surface area contributed by atoms with Crippen molar-refractivity contribution in [2.75, 3.05) is 26.5 Å². The molecule has 4 nitrogen and oxygen atoms in total. The number of hydrogen-bond donors (Lipinski definition) is 0. The Kier molecular flexibility index (Phi) is 4.76. The Balaban J connectivity index is 1.88. The van der Waals surface area contributed by atoms with Crippen molar-refractivity contribution in [1.82, 2.24) is 4.90 Å². The summed E-state index contributed by atoms with van der Waals surface area (Å²) in [6, 6.07) is 15.2. The van der Waals surface area contributed by atoms with Crippen LogP contribution in [-0.4, -0.2) is 37.3 Å². The van der Waals surface area contributed by atoms with Gasteiger partial charge in [0.05, 0.1) is 14.2 Å². The van der Waals surface area contributed by atoms with E-state index in [1.807, 2.05) is 53.4 Å². The molecule has 2 aromatic rings. The summed E-state index contributed by atoms with van der Waals surface area (Å²) in [7, 11) is 3.24. The number of rotatable bonds is 4. The maximum atomic E-state index is 12.8. The van der Waals surface area contributed by atoms with Gasteiger partial charge in [0.15, 0.2) is 11.5 Å². The van der Waals surface area contributed by atoms with Gasteiger partial charge in [-0.2, -0.15) is 0 Å². The minimum absolute atomic E-state index is 0.00233. The molecule has 1 saturated heterocycles. The molecule has 0 N–H and O–H groups in total. The molecule has 1 heterocycles. The Morgan fingerprint density at radius 2 is 1.83 bits per heavy atom. The van der Waals surface area contributed by atoms with Crippen LogP contribution in [0.25, 0.3) is 0 Å². The van der Waals surface area contributed by atoms with E-state index in [0.29, 0.717) is 11.5 Å². The van der Waals surface area contributed by atoms with Gasteiger partial charge < -0.3 is 14.4 Å². The molecule has 23 heavy (non-hydrogen) atoms. The number of amides is 1. The zero-order valence-corrected chi connectivity index (χ0v) is 14.0. The number of nitrogens with zero attached hydrogens (tertiary/aromatic N) is 1. The fourth-order valence-electron chi connectivity index (χ4n) is 2.71. The molecule has 2 aromatic carbocycles. The van der Waals surface area contributed by atoms with Gasteiger partial charge in [0.2, 0.25) is 0 Å². The Bertz CT molecular complexity index is 690. The van der Waals surface area contributed by atoms with Crippen LogP contribution < -0.4 is 9.47 Å². The number of hydrogen-bond acceptors (Lipinski definition) is 4. The Morgan fingerprint density at radius 1 is 1.09 bits per heavy atom. The largest absolute Gasteiger partial charge is 0.493 e. The van der Waals surface area contributed by atoms with Crippen LogP contribution >= 0.6 is 11.8 Å². The van der Waals surface area contributed by atoms with Crippen molar-refractivity contribution in [2.45, 2.75) is 5.37 Å². The van der Waals surface area contributed by atoms with E-state index in [-0.39, 0.29) is 11.3 Å². The molecule has 0 saturated carbocycles. The fraction of sp³-hybridized carbons (Fsp3) is 0.278. The van der Waals surface area contributed by atoms with Crippen molar-refractivity contribution in [3.8, 4) is 11.5 Å². The van der Waals surface area contributed by atoms with Gasteiger partial charge in [0.25, 0.3) is 5.91 Å². The molecule has 3 rings (SSSR count). The van der Waals surface area contributed by atoms with Crippen molar-refractivity contribution >= 4 is 17.7 Å². The quantitative estimate of drug-likeness (QED) is 0.859. The van der Waals surface area contributed by atoms with E-state index in [1.54, 1.807) is 26.0 Å². The van der Waals surface area contributed by atoms with Crippen molar-refractivity contribution in [3.63, 3.8) is 0 Å². The third kappa shape index (κ3) is 3.15. The lowest BCUT2D eigenvalue weighted by Gasteiger charge is -2.25. The molecule has 0 bridgehead atoms. The molecular weight excluding hydrogens is 310 g/mol. The molecule has 1 amide bonds. The second kappa shape index (κ2) is 6.96. The summed E-state index contributed by atoms with van der Waals surface area (Å²) in [5.41, 5.74) is 1.77. The molecule has 120 valence electrons. The van der Waals surface area contributed by atoms with E-state index >= 15 is 0 Å². The van der Waals surface area contributed by atoms with Gasteiger partial charge in [-0.15, -0.1) is 11.8 Å². The van der Waals surface area contributed by atoms with Crippen LogP contribution in [0.5, 0.6) is 11.5 Å². The summed E-state index contributed by atoms with van der Waals surface area (Å²) >= 11 is 1.77. The van der Waals surface area contributed by atoms with Crippen LogP contribution in [0.15, 0.2) is 48.5 Å². The van der Waals surface area contributed by atoms with E-state index in [9.17, 15) is 4.79 Å². The molecule has 1 atom stereocenters. The minimum atomic E-state index is 0.00233. The second-order valence-electron chi connectivity index (χ2n) is 5.20. The van der Waals surface area contributed by atoms with Crippen LogP contribution in [0, 0.1) is 0 Å². The third-order valence-electron chi connectivity index (χ3n) is 3.87. The van der Waals surface area contributed by atoms with Crippen molar-refractivity contribution in [2.24, 2.45) is 0 Å². The Morgan fingerprint density at radius 3 is 2.52 bits per heavy atom. The first-order valence-electron chi connectivity index (χ1n) is 7.44. The zero-order valence-electron chi connectivity index (χ0n) is 13.2. The highest BCUT2D eigenvalue weighted by Crippen LogP contribution is 2.41. The molecule has 1 aliphatic heterocycles. The van der Waals surface area contributed by atoms with Crippen LogP contribution in [0.3, 0.4) is 0 Å². The van der Waals surface area contributed by atoms with Gasteiger partial charge in [0.1, 0.15) is 5.37 Å². The fourth-order valence-corrected chi connectivity index (χ4v) is 3.95. The zero-order chi connectivity index (χ0) is 16.2. The molecule has 1 fully saturated rings. The second-order valence-corrected chi connectivity index (χ2v) is 6.39. The van der Waals surface area contributed by atoms with Gasteiger partial charge in [-0.3, -0.25) is 4.79 Å². The standard InChI is InChI=1S/C18H19NO3S/c1-21-15-9-8-14(12-16(15)22-2)18-19(10-11-23-18)17(20)13-6-4-3-5-7-13/h3-9,12,18H,10-11H2,1-2H3. The molecule has 0 spiro atoms. The highest BCUT2D eigenvalue weighted by atomic mass is 32.2. The lowest BCUT2D eigenvalue weighted by atomic mass is 10.1. The van der Waals surface area contributed by atoms with Gasteiger partial charge in [0, 0.05) is 17.9 Å². The number of ether oxygens (including phenoxy) is 2. The third-order valence-corrected chi connectivity index (χ3v) is 5.13.